The molecule has 0 aromatic heterocycles. The molecule has 0 saturated heterocycles. The monoisotopic (exact) mass is 189 g/mol. The van der Waals surface area contributed by atoms with Crippen LogP contribution in [0, 0.1) is 16.2 Å². The van der Waals surface area contributed by atoms with Gasteiger partial charge in [0.25, 0.3) is 0 Å². The predicted molar refractivity (Wildman–Crippen MR) is 45.0 cm³/mol. The SMILES string of the molecule is COc1[c-]c([N+](=O)[O-])c(OC)cc1.[Li+]. The van der Waals surface area contributed by atoms with E-state index in [4.69, 9.17) is 9.47 Å². The molecule has 70 valence electrons. The summed E-state index contributed by atoms with van der Waals surface area (Å²) in [6, 6.07) is 5.48. The molecule has 1 aromatic rings. The summed E-state index contributed by atoms with van der Waals surface area (Å²) in [5.41, 5.74) is -0.221. The van der Waals surface area contributed by atoms with E-state index in [1.54, 1.807) is 6.07 Å². The van der Waals surface area contributed by atoms with Crippen LogP contribution in [0.15, 0.2) is 12.1 Å². The van der Waals surface area contributed by atoms with E-state index in [9.17, 15) is 10.1 Å². The fraction of sp³-hybridized carbons (Fsp3) is 0.250. The van der Waals surface area contributed by atoms with Crippen LogP contribution in [0.2, 0.25) is 0 Å². The van der Waals surface area contributed by atoms with Crippen molar-refractivity contribution in [1.29, 1.82) is 0 Å². The summed E-state index contributed by atoms with van der Waals surface area (Å²) in [5.74, 6) is 0.485. The molecule has 0 radical (unpaired) electrons. The molecule has 6 heteroatoms. The zero-order valence-electron chi connectivity index (χ0n) is 8.23. The minimum atomic E-state index is -0.568. The maximum absolute atomic E-state index is 10.5. The molecule has 0 aliphatic rings. The molecule has 0 spiro atoms. The molecule has 5 nitrogen and oxygen atoms in total. The maximum atomic E-state index is 10.5. The third-order valence-corrected chi connectivity index (χ3v) is 1.48. The van der Waals surface area contributed by atoms with Crippen molar-refractivity contribution in [2.75, 3.05) is 14.2 Å². The van der Waals surface area contributed by atoms with Crippen molar-refractivity contribution < 1.29 is 33.3 Å². The molecule has 0 unspecified atom stereocenters. The van der Waals surface area contributed by atoms with Crippen LogP contribution in [-0.4, -0.2) is 19.1 Å². The number of ether oxygens (including phenoxy) is 2. The number of hydrogen-bond donors (Lipinski definition) is 0. The summed E-state index contributed by atoms with van der Waals surface area (Å²) in [6.45, 7) is 0. The average Bonchev–Trinajstić information content (AvgIpc) is 2.16. The van der Waals surface area contributed by atoms with Gasteiger partial charge in [-0.25, -0.2) is 0 Å². The van der Waals surface area contributed by atoms with Gasteiger partial charge in [0.15, 0.2) is 0 Å². The minimum Gasteiger partial charge on any atom is -0.547 e. The number of nitro groups is 1. The molecule has 0 atom stereocenters. The van der Waals surface area contributed by atoms with Gasteiger partial charge in [-0.1, -0.05) is 6.07 Å². The second-order valence-electron chi connectivity index (χ2n) is 2.20. The first-order valence-electron chi connectivity index (χ1n) is 3.47. The number of methoxy groups -OCH3 is 2. The first kappa shape index (κ1) is 12.8. The topological polar surface area (TPSA) is 61.6 Å². The van der Waals surface area contributed by atoms with E-state index in [2.05, 4.69) is 6.07 Å². The van der Waals surface area contributed by atoms with Crippen LogP contribution >= 0.6 is 0 Å². The maximum Gasteiger partial charge on any atom is 1.00 e. The Balaban J connectivity index is 0.00000169. The molecular formula is C8H8LiNO4. The van der Waals surface area contributed by atoms with Gasteiger partial charge in [-0.15, -0.1) is 12.1 Å². The molecule has 1 aromatic carbocycles. The van der Waals surface area contributed by atoms with Crippen molar-refractivity contribution >= 4 is 5.69 Å². The number of benzene rings is 1. The number of hydrogen-bond acceptors (Lipinski definition) is 4. The van der Waals surface area contributed by atoms with Crippen LogP contribution in [0.5, 0.6) is 11.5 Å². The Hall–Kier alpha value is -1.18. The van der Waals surface area contributed by atoms with Crippen LogP contribution in [0.1, 0.15) is 0 Å². The van der Waals surface area contributed by atoms with E-state index in [1.807, 2.05) is 0 Å². The number of nitro benzene ring substituents is 1. The van der Waals surface area contributed by atoms with Gasteiger partial charge in [0.05, 0.1) is 20.0 Å². The molecule has 0 saturated carbocycles. The van der Waals surface area contributed by atoms with Crippen molar-refractivity contribution in [3.8, 4) is 11.5 Å². The average molecular weight is 189 g/mol. The quantitative estimate of drug-likeness (QED) is 0.249. The van der Waals surface area contributed by atoms with E-state index >= 15 is 0 Å². The Labute approximate surface area is 93.3 Å². The summed E-state index contributed by atoms with van der Waals surface area (Å²) >= 11 is 0. The van der Waals surface area contributed by atoms with Crippen LogP contribution < -0.4 is 28.3 Å². The van der Waals surface area contributed by atoms with Gasteiger partial charge >= 0.3 is 18.9 Å². The van der Waals surface area contributed by atoms with E-state index in [0.29, 0.717) is 5.75 Å². The molecule has 0 aliphatic carbocycles. The van der Waals surface area contributed by atoms with Crippen molar-refractivity contribution in [3.05, 3.63) is 28.3 Å². The van der Waals surface area contributed by atoms with E-state index in [0.717, 1.165) is 0 Å². The van der Waals surface area contributed by atoms with Gasteiger partial charge in [0.2, 0.25) is 5.69 Å². The zero-order chi connectivity index (χ0) is 9.84. The van der Waals surface area contributed by atoms with Crippen LogP contribution in [0.25, 0.3) is 0 Å². The molecular weight excluding hydrogens is 181 g/mol. The summed E-state index contributed by atoms with van der Waals surface area (Å²) in [6.07, 6.45) is 0. The van der Waals surface area contributed by atoms with E-state index < -0.39 is 4.92 Å². The largest absolute Gasteiger partial charge is 1.00 e. The fourth-order valence-corrected chi connectivity index (χ4v) is 0.870. The summed E-state index contributed by atoms with van der Waals surface area (Å²) in [5, 5.41) is 10.5. The molecule has 14 heavy (non-hydrogen) atoms. The minimum absolute atomic E-state index is 0. The Morgan fingerprint density at radius 3 is 2.43 bits per heavy atom. The van der Waals surface area contributed by atoms with Crippen molar-refractivity contribution in [1.82, 2.24) is 0 Å². The smallest absolute Gasteiger partial charge is 0.547 e. The summed E-state index contributed by atoms with van der Waals surface area (Å²) in [7, 11) is 2.78. The van der Waals surface area contributed by atoms with Gasteiger partial charge < -0.3 is 9.47 Å². The Morgan fingerprint density at radius 1 is 1.36 bits per heavy atom. The number of nitrogens with zero attached hydrogens (tertiary/aromatic N) is 1. The van der Waals surface area contributed by atoms with Gasteiger partial charge in [-0.05, 0) is 0 Å². The van der Waals surface area contributed by atoms with E-state index in [1.165, 1.54) is 20.3 Å². The molecule has 0 N–H and O–H groups in total. The fourth-order valence-electron chi connectivity index (χ4n) is 0.870. The standard InChI is InChI=1S/C8H8NO4.Li/c1-12-6-3-4-8(13-2)7(5-6)9(10)11;/h3-4H,1-2H3;/q-1;+1. The Kier molecular flexibility index (Phi) is 5.06. The first-order chi connectivity index (χ1) is 6.19. The normalized spacial score (nSPS) is 8.71. The molecule has 1 rings (SSSR count). The molecule has 0 fully saturated rings. The van der Waals surface area contributed by atoms with Gasteiger partial charge in [0, 0.05) is 10.7 Å². The zero-order valence-corrected chi connectivity index (χ0v) is 8.23. The Morgan fingerprint density at radius 2 is 2.00 bits per heavy atom. The summed E-state index contributed by atoms with van der Waals surface area (Å²) < 4.78 is 9.57. The molecule has 0 heterocycles. The predicted octanol–water partition coefficient (Wildman–Crippen LogP) is -1.58. The second kappa shape index (κ2) is 5.53. The van der Waals surface area contributed by atoms with Gasteiger partial charge in [0.1, 0.15) is 0 Å². The third kappa shape index (κ3) is 2.65. The van der Waals surface area contributed by atoms with E-state index in [-0.39, 0.29) is 30.3 Å². The number of rotatable bonds is 3. The van der Waals surface area contributed by atoms with Crippen LogP contribution in [-0.2, 0) is 0 Å². The van der Waals surface area contributed by atoms with Gasteiger partial charge in [-0.2, -0.15) is 0 Å². The third-order valence-electron chi connectivity index (χ3n) is 1.48. The van der Waals surface area contributed by atoms with Crippen molar-refractivity contribution in [3.63, 3.8) is 0 Å². The van der Waals surface area contributed by atoms with Gasteiger partial charge in [-0.3, -0.25) is 10.1 Å². The first-order valence-corrected chi connectivity index (χ1v) is 3.47. The second-order valence-corrected chi connectivity index (χ2v) is 2.20. The molecule has 0 amide bonds. The Bertz CT molecular complexity index is 329. The molecule has 0 bridgehead atoms. The summed E-state index contributed by atoms with van der Waals surface area (Å²) in [4.78, 5) is 9.92. The van der Waals surface area contributed by atoms with Crippen molar-refractivity contribution in [2.45, 2.75) is 0 Å². The molecule has 0 aliphatic heterocycles. The van der Waals surface area contributed by atoms with Crippen LogP contribution in [0.4, 0.5) is 5.69 Å². The van der Waals surface area contributed by atoms with Crippen LogP contribution in [0.3, 0.4) is 0 Å². The van der Waals surface area contributed by atoms with Crippen molar-refractivity contribution in [2.24, 2.45) is 0 Å².